The van der Waals surface area contributed by atoms with Crippen LogP contribution in [-0.2, 0) is 6.54 Å². The van der Waals surface area contributed by atoms with Crippen LogP contribution in [0.4, 0.5) is 5.82 Å². The molecule has 0 amide bonds. The van der Waals surface area contributed by atoms with Crippen molar-refractivity contribution < 1.29 is 19.2 Å². The van der Waals surface area contributed by atoms with Gasteiger partial charge in [-0.25, -0.2) is 0 Å². The van der Waals surface area contributed by atoms with Crippen molar-refractivity contribution in [2.24, 2.45) is 0 Å². The average molecular weight is 315 g/mol. The number of nitro groups is 1. The lowest BCUT2D eigenvalue weighted by molar-refractivity contribution is -0.390. The maximum atomic E-state index is 10.6. The monoisotopic (exact) mass is 314 g/mol. The molecule has 2 rings (SSSR count). The smallest absolute Gasteiger partial charge is 0.404 e. The molecule has 2 heterocycles. The van der Waals surface area contributed by atoms with Crippen LogP contribution in [0, 0.1) is 10.1 Å². The van der Waals surface area contributed by atoms with Gasteiger partial charge in [0.25, 0.3) is 0 Å². The second-order valence-electron chi connectivity index (χ2n) is 3.31. The molecule has 8 nitrogen and oxygen atoms in total. The molecule has 0 unspecified atom stereocenters. The fourth-order valence-electron chi connectivity index (χ4n) is 1.32. The lowest BCUT2D eigenvalue weighted by atomic mass is 10.4. The van der Waals surface area contributed by atoms with Gasteiger partial charge in [0.15, 0.2) is 0 Å². The van der Waals surface area contributed by atoms with Gasteiger partial charge < -0.3 is 24.4 Å². The minimum absolute atomic E-state index is 0.0831. The summed E-state index contributed by atoms with van der Waals surface area (Å²) in [5.41, 5.74) is 0. The highest BCUT2D eigenvalue weighted by atomic mass is 79.9. The molecule has 0 spiro atoms. The Bertz CT molecular complexity index is 618. The van der Waals surface area contributed by atoms with E-state index >= 15 is 0 Å². The largest absolute Gasteiger partial charge is 0.542 e. The Hall–Kier alpha value is -2.16. The van der Waals surface area contributed by atoms with Gasteiger partial charge in [-0.05, 0) is 33.0 Å². The number of carbonyl (C=O) groups excluding carboxylic acids is 1. The number of furan rings is 1. The van der Waals surface area contributed by atoms with Crippen molar-refractivity contribution in [1.82, 2.24) is 9.78 Å². The van der Waals surface area contributed by atoms with Crippen LogP contribution < -0.4 is 5.11 Å². The van der Waals surface area contributed by atoms with Crippen LogP contribution in [-0.4, -0.2) is 20.7 Å². The zero-order valence-corrected chi connectivity index (χ0v) is 10.3. The number of carboxylic acids is 1. The molecular weight excluding hydrogens is 310 g/mol. The fraction of sp³-hybridized carbons (Fsp3) is 0.111. The van der Waals surface area contributed by atoms with E-state index in [4.69, 9.17) is 4.42 Å². The summed E-state index contributed by atoms with van der Waals surface area (Å²) in [5, 5.41) is 24.8. The standard InChI is InChI=1S/C9H6BrN3O5/c10-6-4-12(11-8(6)13(16)17)3-5-1-2-7(18-5)9(14)15/h1-2,4H,3H2,(H,14,15)/p-1. The predicted octanol–water partition coefficient (Wildman–Crippen LogP) is 0.559. The van der Waals surface area contributed by atoms with Crippen LogP contribution in [0.2, 0.25) is 0 Å². The average Bonchev–Trinajstić information content (AvgIpc) is 2.86. The van der Waals surface area contributed by atoms with Gasteiger partial charge in [0.2, 0.25) is 0 Å². The molecule has 2 aromatic rings. The van der Waals surface area contributed by atoms with E-state index in [0.717, 1.165) is 0 Å². The van der Waals surface area contributed by atoms with Crippen molar-refractivity contribution in [1.29, 1.82) is 0 Å². The molecule has 0 N–H and O–H groups in total. The number of carboxylic acid groups (broad SMARTS) is 1. The van der Waals surface area contributed by atoms with Gasteiger partial charge in [-0.15, -0.1) is 0 Å². The second-order valence-corrected chi connectivity index (χ2v) is 4.16. The van der Waals surface area contributed by atoms with Crippen LogP contribution in [0.5, 0.6) is 0 Å². The molecule has 0 fully saturated rings. The van der Waals surface area contributed by atoms with Gasteiger partial charge in [-0.1, -0.05) is 0 Å². The van der Waals surface area contributed by atoms with E-state index in [0.29, 0.717) is 5.76 Å². The Kier molecular flexibility index (Phi) is 3.15. The molecule has 0 bridgehead atoms. The molecule has 0 saturated heterocycles. The highest BCUT2D eigenvalue weighted by Crippen LogP contribution is 2.22. The van der Waals surface area contributed by atoms with Crippen LogP contribution in [0.25, 0.3) is 0 Å². The van der Waals surface area contributed by atoms with Crippen molar-refractivity contribution in [3.63, 3.8) is 0 Å². The second kappa shape index (κ2) is 4.61. The van der Waals surface area contributed by atoms with Gasteiger partial charge in [-0.2, -0.15) is 4.68 Å². The highest BCUT2D eigenvalue weighted by molar-refractivity contribution is 9.10. The summed E-state index contributed by atoms with van der Waals surface area (Å²) in [6.07, 6.45) is 1.40. The summed E-state index contributed by atoms with van der Waals surface area (Å²) in [7, 11) is 0. The van der Waals surface area contributed by atoms with Gasteiger partial charge >= 0.3 is 5.82 Å². The van der Waals surface area contributed by atoms with Gasteiger partial charge in [0.05, 0.1) is 11.3 Å². The van der Waals surface area contributed by atoms with E-state index in [1.165, 1.54) is 23.0 Å². The molecule has 0 aliphatic carbocycles. The van der Waals surface area contributed by atoms with E-state index in [2.05, 4.69) is 21.0 Å². The molecule has 0 radical (unpaired) electrons. The molecule has 0 aromatic carbocycles. The van der Waals surface area contributed by atoms with E-state index < -0.39 is 10.9 Å². The lowest BCUT2D eigenvalue weighted by Crippen LogP contribution is -2.21. The van der Waals surface area contributed by atoms with Crippen molar-refractivity contribution >= 4 is 27.7 Å². The zero-order chi connectivity index (χ0) is 13.3. The van der Waals surface area contributed by atoms with Gasteiger partial charge in [0, 0.05) is 0 Å². The molecule has 2 aromatic heterocycles. The first-order valence-corrected chi connectivity index (χ1v) is 5.44. The number of carbonyl (C=O) groups is 1. The number of aromatic carboxylic acids is 1. The van der Waals surface area contributed by atoms with Crippen molar-refractivity contribution in [2.75, 3.05) is 0 Å². The maximum absolute atomic E-state index is 10.6. The lowest BCUT2D eigenvalue weighted by Gasteiger charge is -1.95. The third-order valence-corrected chi connectivity index (χ3v) is 2.61. The van der Waals surface area contributed by atoms with E-state index in [9.17, 15) is 20.0 Å². The highest BCUT2D eigenvalue weighted by Gasteiger charge is 2.19. The maximum Gasteiger partial charge on any atom is 0.404 e. The number of rotatable bonds is 4. The van der Waals surface area contributed by atoms with Crippen molar-refractivity contribution in [2.45, 2.75) is 6.54 Å². The van der Waals surface area contributed by atoms with Gasteiger partial charge in [-0.3, -0.25) is 0 Å². The molecular formula is C9H5BrN3O5-. The van der Waals surface area contributed by atoms with Crippen LogP contribution in [0.15, 0.2) is 27.2 Å². The van der Waals surface area contributed by atoms with Crippen LogP contribution >= 0.6 is 15.9 Å². The molecule has 9 heteroatoms. The molecule has 0 atom stereocenters. The number of hydrogen-bond acceptors (Lipinski definition) is 6. The normalized spacial score (nSPS) is 10.5. The first kappa shape index (κ1) is 12.3. The summed E-state index contributed by atoms with van der Waals surface area (Å²) in [4.78, 5) is 20.4. The predicted molar refractivity (Wildman–Crippen MR) is 58.7 cm³/mol. The number of halogens is 1. The third-order valence-electron chi connectivity index (χ3n) is 2.05. The molecule has 0 saturated carbocycles. The van der Waals surface area contributed by atoms with Crippen molar-refractivity contribution in [3.05, 3.63) is 44.4 Å². The molecule has 94 valence electrons. The van der Waals surface area contributed by atoms with Gasteiger partial charge in [0.1, 0.15) is 28.5 Å². The number of hydrogen-bond donors (Lipinski definition) is 0. The Labute approximate surface area is 108 Å². The number of aromatic nitrogens is 2. The SMILES string of the molecule is O=C([O-])c1ccc(Cn2cc(Br)c([N+](=O)[O-])n2)o1. The molecule has 0 aliphatic heterocycles. The minimum atomic E-state index is -1.42. The summed E-state index contributed by atoms with van der Waals surface area (Å²) in [5.74, 6) is -1.74. The fourth-order valence-corrected chi connectivity index (χ4v) is 1.78. The van der Waals surface area contributed by atoms with E-state index in [1.807, 2.05) is 0 Å². The van der Waals surface area contributed by atoms with E-state index in [-0.39, 0.29) is 22.6 Å². The topological polar surface area (TPSA) is 114 Å². The molecule has 0 aliphatic rings. The molecule has 18 heavy (non-hydrogen) atoms. The Morgan fingerprint density at radius 2 is 2.28 bits per heavy atom. The van der Waals surface area contributed by atoms with Crippen LogP contribution in [0.3, 0.4) is 0 Å². The summed E-state index contributed by atoms with van der Waals surface area (Å²) in [6.45, 7) is 0.0831. The zero-order valence-electron chi connectivity index (χ0n) is 8.70. The summed E-state index contributed by atoms with van der Waals surface area (Å²) < 4.78 is 6.45. The third kappa shape index (κ3) is 2.40. The minimum Gasteiger partial charge on any atom is -0.542 e. The first-order valence-electron chi connectivity index (χ1n) is 4.65. The summed E-state index contributed by atoms with van der Waals surface area (Å²) >= 11 is 3.00. The summed E-state index contributed by atoms with van der Waals surface area (Å²) in [6, 6.07) is 2.68. The van der Waals surface area contributed by atoms with Crippen LogP contribution in [0.1, 0.15) is 16.3 Å². The Morgan fingerprint density at radius 3 is 2.78 bits per heavy atom. The van der Waals surface area contributed by atoms with E-state index in [1.54, 1.807) is 0 Å². The Balaban J connectivity index is 2.20. The quantitative estimate of drug-likeness (QED) is 0.601. The van der Waals surface area contributed by atoms with Crippen molar-refractivity contribution in [3.8, 4) is 0 Å². The first-order chi connectivity index (χ1) is 8.47. The number of nitrogens with zero attached hydrogens (tertiary/aromatic N) is 3. The Morgan fingerprint density at radius 1 is 1.56 bits per heavy atom.